The van der Waals surface area contributed by atoms with Gasteiger partial charge in [-0.25, -0.2) is 0 Å². The van der Waals surface area contributed by atoms with Crippen molar-refractivity contribution in [3.63, 3.8) is 0 Å². The highest BCUT2D eigenvalue weighted by Gasteiger charge is 2.55. The molecule has 0 aliphatic rings. The van der Waals surface area contributed by atoms with E-state index in [1.54, 1.807) is 12.1 Å². The molecule has 0 radical (unpaired) electrons. The highest BCUT2D eigenvalue weighted by Crippen LogP contribution is 2.30. The summed E-state index contributed by atoms with van der Waals surface area (Å²) < 4.78 is 38.9. The second-order valence-electron chi connectivity index (χ2n) is 4.38. The molecule has 1 rings (SSSR count). The molecule has 0 saturated carbocycles. The molecule has 1 heterocycles. The molecule has 0 saturated heterocycles. The van der Waals surface area contributed by atoms with Crippen LogP contribution in [0, 0.1) is 0 Å². The van der Waals surface area contributed by atoms with Crippen LogP contribution in [-0.2, 0) is 11.3 Å². The molecule has 0 spiro atoms. The smallest absolute Gasteiger partial charge is 0.332 e. The van der Waals surface area contributed by atoms with Gasteiger partial charge >= 0.3 is 6.18 Å². The van der Waals surface area contributed by atoms with E-state index in [9.17, 15) is 18.0 Å². The first-order valence-corrected chi connectivity index (χ1v) is 6.79. The summed E-state index contributed by atoms with van der Waals surface area (Å²) >= 11 is 6.95. The van der Waals surface area contributed by atoms with Crippen molar-refractivity contribution in [1.82, 2.24) is 4.90 Å². The van der Waals surface area contributed by atoms with Crippen LogP contribution in [0.5, 0.6) is 0 Å². The van der Waals surface area contributed by atoms with Gasteiger partial charge in [-0.05, 0) is 19.1 Å². The molecule has 0 fully saturated rings. The Balaban J connectivity index is 2.96. The molecular formula is C12H14ClF3N2OS. The van der Waals surface area contributed by atoms with Gasteiger partial charge in [0.1, 0.15) is 0 Å². The van der Waals surface area contributed by atoms with Gasteiger partial charge < -0.3 is 10.6 Å². The van der Waals surface area contributed by atoms with Crippen LogP contribution >= 0.6 is 22.9 Å². The van der Waals surface area contributed by atoms with Gasteiger partial charge in [0.15, 0.2) is 5.54 Å². The fraction of sp³-hybridized carbons (Fsp3) is 0.417. The molecule has 1 amide bonds. The third-order valence-electron chi connectivity index (χ3n) is 2.65. The highest BCUT2D eigenvalue weighted by molar-refractivity contribution is 7.16. The molecule has 2 N–H and O–H groups in total. The quantitative estimate of drug-likeness (QED) is 0.845. The van der Waals surface area contributed by atoms with E-state index in [0.717, 1.165) is 4.90 Å². The average molecular weight is 327 g/mol. The Morgan fingerprint density at radius 1 is 1.55 bits per heavy atom. The Bertz CT molecular complexity index is 499. The zero-order valence-corrected chi connectivity index (χ0v) is 12.3. The minimum absolute atomic E-state index is 0.00507. The Morgan fingerprint density at radius 2 is 2.15 bits per heavy atom. The monoisotopic (exact) mass is 326 g/mol. The topological polar surface area (TPSA) is 46.3 Å². The summed E-state index contributed by atoms with van der Waals surface area (Å²) in [4.78, 5) is 13.7. The van der Waals surface area contributed by atoms with Gasteiger partial charge in [0.05, 0.1) is 10.9 Å². The number of carbonyl (C=O) groups excluding carboxylic acids is 1. The van der Waals surface area contributed by atoms with Gasteiger partial charge in [-0.1, -0.05) is 17.7 Å². The van der Waals surface area contributed by atoms with Gasteiger partial charge in [0, 0.05) is 11.4 Å². The number of halogens is 4. The number of amides is 1. The van der Waals surface area contributed by atoms with Crippen LogP contribution in [0.1, 0.15) is 11.8 Å². The number of nitrogens with two attached hydrogens (primary N) is 1. The van der Waals surface area contributed by atoms with E-state index in [2.05, 4.69) is 6.58 Å². The summed E-state index contributed by atoms with van der Waals surface area (Å²) in [5, 5.41) is 0. The van der Waals surface area contributed by atoms with E-state index in [0.29, 0.717) is 16.1 Å². The zero-order chi connectivity index (χ0) is 15.6. The maximum atomic E-state index is 12.8. The van der Waals surface area contributed by atoms with Crippen LogP contribution in [0.3, 0.4) is 0 Å². The Labute approximate surface area is 123 Å². The molecule has 0 aliphatic carbocycles. The van der Waals surface area contributed by atoms with Crippen LogP contribution in [0.25, 0.3) is 0 Å². The van der Waals surface area contributed by atoms with E-state index in [1.807, 2.05) is 0 Å². The average Bonchev–Trinajstić information content (AvgIpc) is 2.72. The van der Waals surface area contributed by atoms with Gasteiger partial charge in [0.2, 0.25) is 0 Å². The molecular weight excluding hydrogens is 313 g/mol. The zero-order valence-electron chi connectivity index (χ0n) is 10.7. The van der Waals surface area contributed by atoms with E-state index >= 15 is 0 Å². The van der Waals surface area contributed by atoms with Crippen molar-refractivity contribution in [1.29, 1.82) is 0 Å². The van der Waals surface area contributed by atoms with Crippen molar-refractivity contribution < 1.29 is 18.0 Å². The lowest BCUT2D eigenvalue weighted by molar-refractivity contribution is -0.193. The molecule has 0 aliphatic heterocycles. The number of rotatable bonds is 5. The first kappa shape index (κ1) is 17.0. The molecule has 8 heteroatoms. The third-order valence-corrected chi connectivity index (χ3v) is 3.86. The third kappa shape index (κ3) is 3.74. The second kappa shape index (κ2) is 6.15. The maximum Gasteiger partial charge on any atom is 0.415 e. The molecule has 1 aromatic rings. The summed E-state index contributed by atoms with van der Waals surface area (Å²) in [6.07, 6.45) is -3.48. The molecule has 1 unspecified atom stereocenters. The molecule has 3 nitrogen and oxygen atoms in total. The van der Waals surface area contributed by atoms with Gasteiger partial charge in [-0.3, -0.25) is 4.79 Å². The summed E-state index contributed by atoms with van der Waals surface area (Å²) in [5.74, 6) is -1.20. The van der Waals surface area contributed by atoms with E-state index in [-0.39, 0.29) is 13.1 Å². The van der Waals surface area contributed by atoms with Gasteiger partial charge in [-0.2, -0.15) is 13.2 Å². The number of nitrogens with zero attached hydrogens (tertiary/aromatic N) is 1. The summed E-state index contributed by atoms with van der Waals surface area (Å²) in [7, 11) is 0. The number of carbonyl (C=O) groups is 1. The van der Waals surface area contributed by atoms with Crippen LogP contribution in [0.2, 0.25) is 4.34 Å². The van der Waals surface area contributed by atoms with Crippen LogP contribution in [-0.4, -0.2) is 29.1 Å². The molecule has 1 aromatic heterocycles. The SMILES string of the molecule is C=CCN(Cc1ccc(Cl)s1)C(=O)C(C)(N)C(F)(F)F. The minimum Gasteiger partial charge on any atom is -0.332 e. The van der Waals surface area contributed by atoms with Crippen molar-refractivity contribution in [3.05, 3.63) is 34.0 Å². The fourth-order valence-electron chi connectivity index (χ4n) is 1.45. The van der Waals surface area contributed by atoms with E-state index in [1.165, 1.54) is 17.4 Å². The Hall–Kier alpha value is -1.05. The lowest BCUT2D eigenvalue weighted by Crippen LogP contribution is -2.62. The van der Waals surface area contributed by atoms with Crippen molar-refractivity contribution in [2.24, 2.45) is 5.73 Å². The van der Waals surface area contributed by atoms with Crippen LogP contribution in [0.15, 0.2) is 24.8 Å². The van der Waals surface area contributed by atoms with E-state index < -0.39 is 17.6 Å². The van der Waals surface area contributed by atoms with Gasteiger partial charge in [-0.15, -0.1) is 17.9 Å². The highest BCUT2D eigenvalue weighted by atomic mass is 35.5. The predicted molar refractivity (Wildman–Crippen MR) is 73.6 cm³/mol. The lowest BCUT2D eigenvalue weighted by Gasteiger charge is -2.32. The molecule has 0 aromatic carbocycles. The maximum absolute atomic E-state index is 12.8. The lowest BCUT2D eigenvalue weighted by atomic mass is 10.0. The van der Waals surface area contributed by atoms with Crippen molar-refractivity contribution in [2.45, 2.75) is 25.2 Å². The number of hydrogen-bond donors (Lipinski definition) is 1. The normalized spacial score (nSPS) is 14.7. The van der Waals surface area contributed by atoms with Crippen molar-refractivity contribution >= 4 is 28.8 Å². The molecule has 20 heavy (non-hydrogen) atoms. The summed E-state index contributed by atoms with van der Waals surface area (Å²) in [6.45, 7) is 4.07. The van der Waals surface area contributed by atoms with Crippen molar-refractivity contribution in [2.75, 3.05) is 6.54 Å². The number of hydrogen-bond acceptors (Lipinski definition) is 3. The predicted octanol–water partition coefficient (Wildman–Crippen LogP) is 3.20. The number of alkyl halides is 3. The second-order valence-corrected chi connectivity index (χ2v) is 6.18. The Morgan fingerprint density at radius 3 is 2.55 bits per heavy atom. The van der Waals surface area contributed by atoms with Crippen molar-refractivity contribution in [3.8, 4) is 0 Å². The summed E-state index contributed by atoms with van der Waals surface area (Å²) in [6, 6.07) is 3.27. The Kier molecular flexibility index (Phi) is 5.23. The van der Waals surface area contributed by atoms with Gasteiger partial charge in [0.25, 0.3) is 5.91 Å². The molecule has 1 atom stereocenters. The minimum atomic E-state index is -4.82. The van der Waals surface area contributed by atoms with Crippen LogP contribution in [0.4, 0.5) is 13.2 Å². The number of thiophene rings is 1. The standard InChI is InChI=1S/C12H14ClF3N2OS/c1-3-6-18(7-8-4-5-9(13)20-8)10(19)11(2,17)12(14,15)16/h3-5H,1,6-7,17H2,2H3. The first-order valence-electron chi connectivity index (χ1n) is 5.59. The van der Waals surface area contributed by atoms with E-state index in [4.69, 9.17) is 17.3 Å². The summed E-state index contributed by atoms with van der Waals surface area (Å²) in [5.41, 5.74) is 2.22. The molecule has 0 bridgehead atoms. The fourth-order valence-corrected chi connectivity index (χ4v) is 2.55. The first-order chi connectivity index (χ1) is 9.09. The van der Waals surface area contributed by atoms with Crippen LogP contribution < -0.4 is 5.73 Å². The largest absolute Gasteiger partial charge is 0.415 e. The molecule has 112 valence electrons.